The summed E-state index contributed by atoms with van der Waals surface area (Å²) in [5.41, 5.74) is 1.98. The van der Waals surface area contributed by atoms with E-state index in [1.807, 2.05) is 32.2 Å². The van der Waals surface area contributed by atoms with Gasteiger partial charge >= 0.3 is 0 Å². The van der Waals surface area contributed by atoms with Crippen LogP contribution in [-0.4, -0.2) is 43.2 Å². The molecule has 1 aromatic heterocycles. The molecule has 1 aliphatic rings. The highest BCUT2D eigenvalue weighted by Gasteiger charge is 2.31. The lowest BCUT2D eigenvalue weighted by Crippen LogP contribution is -2.55. The number of fused-ring (bicyclic) bond motifs is 1. The highest BCUT2D eigenvalue weighted by Crippen LogP contribution is 2.27. The van der Waals surface area contributed by atoms with Crippen molar-refractivity contribution >= 4 is 16.9 Å². The molecule has 1 aliphatic heterocycles. The van der Waals surface area contributed by atoms with Crippen LogP contribution in [-0.2, 0) is 22.5 Å². The van der Waals surface area contributed by atoms with E-state index in [-0.39, 0.29) is 18.1 Å². The largest absolute Gasteiger partial charge is 0.461 e. The molecule has 23 heavy (non-hydrogen) atoms. The number of morpholine rings is 1. The normalized spacial score (nSPS) is 21.5. The highest BCUT2D eigenvalue weighted by molar-refractivity contribution is 5.85. The van der Waals surface area contributed by atoms with Gasteiger partial charge in [-0.05, 0) is 13.0 Å². The third kappa shape index (κ3) is 3.12. The van der Waals surface area contributed by atoms with Gasteiger partial charge < -0.3 is 19.4 Å². The number of nitrogens with one attached hydrogen (secondary N) is 1. The van der Waals surface area contributed by atoms with Gasteiger partial charge in [0.1, 0.15) is 17.4 Å². The number of amides is 1. The predicted octanol–water partition coefficient (Wildman–Crippen LogP) is 2.33. The molecule has 2 atom stereocenters. The lowest BCUT2D eigenvalue weighted by Gasteiger charge is -2.32. The summed E-state index contributed by atoms with van der Waals surface area (Å²) in [5.74, 6) is 1.01. The van der Waals surface area contributed by atoms with Gasteiger partial charge in [-0.2, -0.15) is 0 Å². The van der Waals surface area contributed by atoms with Gasteiger partial charge in [0.15, 0.2) is 0 Å². The van der Waals surface area contributed by atoms with Gasteiger partial charge in [0.05, 0.1) is 12.7 Å². The van der Waals surface area contributed by atoms with Crippen LogP contribution in [0.1, 0.15) is 25.2 Å². The van der Waals surface area contributed by atoms with Crippen LogP contribution in [0.2, 0.25) is 0 Å². The van der Waals surface area contributed by atoms with Gasteiger partial charge in [0.2, 0.25) is 5.91 Å². The number of hydrogen-bond acceptors (Lipinski definition) is 4. The zero-order valence-electron chi connectivity index (χ0n) is 14.0. The number of carbonyl (C=O) groups excluding carboxylic acids is 1. The van der Waals surface area contributed by atoms with E-state index in [9.17, 15) is 4.79 Å². The van der Waals surface area contributed by atoms with Gasteiger partial charge in [0, 0.05) is 37.5 Å². The molecule has 1 amide bonds. The monoisotopic (exact) mass is 316 g/mol. The van der Waals surface area contributed by atoms with Crippen LogP contribution >= 0.6 is 0 Å². The number of furan rings is 1. The Morgan fingerprint density at radius 2 is 2.17 bits per heavy atom. The van der Waals surface area contributed by atoms with Crippen LogP contribution in [0, 0.1) is 0 Å². The highest BCUT2D eigenvalue weighted by atomic mass is 16.5. The first-order valence-electron chi connectivity index (χ1n) is 8.21. The van der Waals surface area contributed by atoms with Crippen LogP contribution in [0.15, 0.2) is 28.7 Å². The van der Waals surface area contributed by atoms with Crippen molar-refractivity contribution in [2.75, 3.05) is 20.2 Å². The zero-order valence-corrected chi connectivity index (χ0v) is 14.0. The molecule has 0 bridgehead atoms. The Morgan fingerprint density at radius 3 is 2.91 bits per heavy atom. The summed E-state index contributed by atoms with van der Waals surface area (Å²) in [4.78, 5) is 14.5. The zero-order chi connectivity index (χ0) is 16.4. The maximum absolute atomic E-state index is 12.7. The number of nitrogens with zero attached hydrogens (tertiary/aromatic N) is 1. The van der Waals surface area contributed by atoms with E-state index in [1.54, 1.807) is 4.90 Å². The van der Waals surface area contributed by atoms with Gasteiger partial charge in [-0.15, -0.1) is 0 Å². The van der Waals surface area contributed by atoms with Crippen LogP contribution < -0.4 is 5.32 Å². The van der Waals surface area contributed by atoms with E-state index >= 15 is 0 Å². The fourth-order valence-electron chi connectivity index (χ4n) is 3.17. The summed E-state index contributed by atoms with van der Waals surface area (Å²) in [6.45, 7) is 5.92. The van der Waals surface area contributed by atoms with Gasteiger partial charge in [-0.1, -0.05) is 25.1 Å². The average molecular weight is 316 g/mol. The fraction of sp³-hybridized carbons (Fsp3) is 0.500. The first-order valence-corrected chi connectivity index (χ1v) is 8.21. The number of carbonyl (C=O) groups is 1. The number of para-hydroxylation sites is 1. The van der Waals surface area contributed by atoms with Crippen LogP contribution in [0.3, 0.4) is 0 Å². The minimum Gasteiger partial charge on any atom is -0.461 e. The number of aryl methyl sites for hydroxylation is 1. The lowest BCUT2D eigenvalue weighted by molar-refractivity contribution is -0.138. The van der Waals surface area contributed by atoms with Gasteiger partial charge in [-0.25, -0.2) is 0 Å². The first kappa shape index (κ1) is 16.0. The Balaban J connectivity index is 1.82. The van der Waals surface area contributed by atoms with Crippen molar-refractivity contribution in [1.82, 2.24) is 10.2 Å². The van der Waals surface area contributed by atoms with Crippen molar-refractivity contribution in [1.29, 1.82) is 0 Å². The van der Waals surface area contributed by atoms with Crippen LogP contribution in [0.5, 0.6) is 0 Å². The molecule has 1 saturated heterocycles. The number of likely N-dealkylation sites (N-methyl/N-ethyl adjacent to an activating group) is 1. The van der Waals surface area contributed by atoms with Crippen molar-refractivity contribution in [3.63, 3.8) is 0 Å². The molecule has 3 rings (SSSR count). The van der Waals surface area contributed by atoms with E-state index in [4.69, 9.17) is 9.15 Å². The first-order chi connectivity index (χ1) is 11.1. The number of ether oxygens (including phenoxy) is 1. The predicted molar refractivity (Wildman–Crippen MR) is 89.3 cm³/mol. The summed E-state index contributed by atoms with van der Waals surface area (Å²) in [5, 5.41) is 4.34. The molecular weight excluding hydrogens is 292 g/mol. The van der Waals surface area contributed by atoms with Gasteiger partial charge in [0.25, 0.3) is 0 Å². The summed E-state index contributed by atoms with van der Waals surface area (Å²) in [6, 6.07) is 7.71. The Hall–Kier alpha value is -1.85. The molecule has 2 aromatic rings. The van der Waals surface area contributed by atoms with E-state index in [0.717, 1.165) is 28.7 Å². The smallest absolute Gasteiger partial charge is 0.242 e. The molecule has 0 radical (unpaired) electrons. The third-order valence-corrected chi connectivity index (χ3v) is 4.46. The lowest BCUT2D eigenvalue weighted by atomic mass is 10.1. The second kappa shape index (κ2) is 6.72. The molecule has 0 spiro atoms. The van der Waals surface area contributed by atoms with E-state index in [1.165, 1.54) is 0 Å². The summed E-state index contributed by atoms with van der Waals surface area (Å²) >= 11 is 0. The topological polar surface area (TPSA) is 54.7 Å². The van der Waals surface area contributed by atoms with Crippen LogP contribution in [0.25, 0.3) is 11.0 Å². The molecule has 5 nitrogen and oxygen atoms in total. The molecule has 1 fully saturated rings. The second-order valence-corrected chi connectivity index (χ2v) is 6.06. The average Bonchev–Trinajstić information content (AvgIpc) is 2.92. The van der Waals surface area contributed by atoms with E-state index in [0.29, 0.717) is 19.7 Å². The molecule has 1 N–H and O–H groups in total. The van der Waals surface area contributed by atoms with Crippen molar-refractivity contribution in [3.8, 4) is 0 Å². The maximum atomic E-state index is 12.7. The van der Waals surface area contributed by atoms with Crippen molar-refractivity contribution in [2.45, 2.75) is 39.0 Å². The molecule has 2 heterocycles. The third-order valence-electron chi connectivity index (χ3n) is 4.46. The number of rotatable bonds is 4. The standard InChI is InChI=1S/C18H24N2O3/c1-4-15-14(13-7-5-6-8-16(13)23-15)11-20(3)18(21)17-12(2)22-10-9-19-17/h5-8,12,17,19H,4,9-11H2,1-3H3/t12-,17+/m1/s1. The maximum Gasteiger partial charge on any atom is 0.242 e. The van der Waals surface area contributed by atoms with E-state index in [2.05, 4.69) is 18.3 Å². The Morgan fingerprint density at radius 1 is 1.39 bits per heavy atom. The Kier molecular flexibility index (Phi) is 4.68. The number of benzene rings is 1. The molecule has 1 aromatic carbocycles. The van der Waals surface area contributed by atoms with Crippen molar-refractivity contribution < 1.29 is 13.9 Å². The summed E-state index contributed by atoms with van der Waals surface area (Å²) < 4.78 is 11.5. The molecule has 0 unspecified atom stereocenters. The summed E-state index contributed by atoms with van der Waals surface area (Å²) in [7, 11) is 1.84. The molecule has 5 heteroatoms. The second-order valence-electron chi connectivity index (χ2n) is 6.06. The minimum atomic E-state index is -0.281. The molecular formula is C18H24N2O3. The Bertz CT molecular complexity index is 695. The van der Waals surface area contributed by atoms with Crippen LogP contribution in [0.4, 0.5) is 0 Å². The Labute approximate surface area is 136 Å². The SMILES string of the molecule is CCc1oc2ccccc2c1CN(C)C(=O)[C@H]1NCCO[C@@H]1C. The number of hydrogen-bond donors (Lipinski definition) is 1. The molecule has 0 saturated carbocycles. The minimum absolute atomic E-state index is 0.0598. The van der Waals surface area contributed by atoms with E-state index < -0.39 is 0 Å². The fourth-order valence-corrected chi connectivity index (χ4v) is 3.17. The molecule has 124 valence electrons. The van der Waals surface area contributed by atoms with Crippen molar-refractivity contribution in [2.24, 2.45) is 0 Å². The molecule has 0 aliphatic carbocycles. The van der Waals surface area contributed by atoms with Crippen molar-refractivity contribution in [3.05, 3.63) is 35.6 Å². The quantitative estimate of drug-likeness (QED) is 0.940. The summed E-state index contributed by atoms with van der Waals surface area (Å²) in [6.07, 6.45) is 0.707. The van der Waals surface area contributed by atoms with Gasteiger partial charge in [-0.3, -0.25) is 4.79 Å².